The Bertz CT molecular complexity index is 566. The highest BCUT2D eigenvalue weighted by Gasteiger charge is 2.33. The van der Waals surface area contributed by atoms with E-state index in [1.807, 2.05) is 13.8 Å². The highest BCUT2D eigenvalue weighted by molar-refractivity contribution is 7.89. The summed E-state index contributed by atoms with van der Waals surface area (Å²) < 4.78 is 32.1. The smallest absolute Gasteiger partial charge is 0.244 e. The number of morpholine rings is 1. The number of hydrogen-bond donors (Lipinski definition) is 0. The van der Waals surface area contributed by atoms with Gasteiger partial charge in [-0.05, 0) is 32.0 Å². The van der Waals surface area contributed by atoms with Gasteiger partial charge in [-0.3, -0.25) is 0 Å². The zero-order valence-electron chi connectivity index (χ0n) is 10.6. The first kappa shape index (κ1) is 15.1. The fraction of sp³-hybridized carbons (Fsp3) is 0.500. The molecule has 0 spiro atoms. The summed E-state index contributed by atoms with van der Waals surface area (Å²) in [5.41, 5.74) is 0. The van der Waals surface area contributed by atoms with Crippen LogP contribution in [0.1, 0.15) is 13.8 Å². The van der Waals surface area contributed by atoms with Crippen molar-refractivity contribution in [3.05, 3.63) is 28.2 Å². The monoisotopic (exact) mass is 323 g/mol. The molecule has 0 amide bonds. The third kappa shape index (κ3) is 3.23. The standard InChI is InChI=1S/C12H15Cl2NO3S/c1-8-6-15(7-9(2)18-8)19(16,17)12-5-10(13)3-4-11(12)14/h3-5,8-9H,6-7H2,1-2H3/t8-,9-/m1/s1. The van der Waals surface area contributed by atoms with Crippen LogP contribution in [0.2, 0.25) is 10.0 Å². The van der Waals surface area contributed by atoms with Crippen molar-refractivity contribution < 1.29 is 13.2 Å². The van der Waals surface area contributed by atoms with E-state index in [4.69, 9.17) is 27.9 Å². The van der Waals surface area contributed by atoms with E-state index >= 15 is 0 Å². The number of sulfonamides is 1. The zero-order chi connectivity index (χ0) is 14.2. The number of halogens is 2. The Labute approximate surface area is 123 Å². The number of rotatable bonds is 2. The van der Waals surface area contributed by atoms with E-state index in [1.54, 1.807) is 6.07 Å². The molecule has 4 nitrogen and oxygen atoms in total. The highest BCUT2D eigenvalue weighted by atomic mass is 35.5. The van der Waals surface area contributed by atoms with Gasteiger partial charge < -0.3 is 4.74 Å². The van der Waals surface area contributed by atoms with Gasteiger partial charge in [0, 0.05) is 18.1 Å². The van der Waals surface area contributed by atoms with Crippen LogP contribution in [0.4, 0.5) is 0 Å². The molecule has 0 radical (unpaired) electrons. The lowest BCUT2D eigenvalue weighted by Gasteiger charge is -2.34. The highest BCUT2D eigenvalue weighted by Crippen LogP contribution is 2.29. The second kappa shape index (κ2) is 5.58. The van der Waals surface area contributed by atoms with E-state index in [-0.39, 0.29) is 22.1 Å². The largest absolute Gasteiger partial charge is 0.373 e. The molecule has 106 valence electrons. The summed E-state index contributed by atoms with van der Waals surface area (Å²) in [4.78, 5) is 0.0444. The molecule has 0 aromatic heterocycles. The van der Waals surface area contributed by atoms with Gasteiger partial charge in [0.05, 0.1) is 17.2 Å². The molecule has 1 fully saturated rings. The fourth-order valence-corrected chi connectivity index (χ4v) is 4.47. The molecule has 1 aromatic rings. The van der Waals surface area contributed by atoms with Crippen molar-refractivity contribution in [3.8, 4) is 0 Å². The van der Waals surface area contributed by atoms with Crippen LogP contribution in [0.5, 0.6) is 0 Å². The number of hydrogen-bond acceptors (Lipinski definition) is 3. The summed E-state index contributed by atoms with van der Waals surface area (Å²) >= 11 is 11.8. The van der Waals surface area contributed by atoms with E-state index < -0.39 is 10.0 Å². The number of nitrogens with zero attached hydrogens (tertiary/aromatic N) is 1. The van der Waals surface area contributed by atoms with Gasteiger partial charge in [-0.2, -0.15) is 4.31 Å². The Balaban J connectivity index is 2.39. The van der Waals surface area contributed by atoms with E-state index in [0.29, 0.717) is 18.1 Å². The van der Waals surface area contributed by atoms with Gasteiger partial charge in [0.2, 0.25) is 10.0 Å². The van der Waals surface area contributed by atoms with Crippen LogP contribution in [0.25, 0.3) is 0 Å². The van der Waals surface area contributed by atoms with Gasteiger partial charge >= 0.3 is 0 Å². The molecule has 1 saturated heterocycles. The maximum absolute atomic E-state index is 12.6. The van der Waals surface area contributed by atoms with Crippen molar-refractivity contribution in [2.45, 2.75) is 31.0 Å². The van der Waals surface area contributed by atoms with Crippen LogP contribution in [0.3, 0.4) is 0 Å². The van der Waals surface area contributed by atoms with Crippen molar-refractivity contribution >= 4 is 33.2 Å². The van der Waals surface area contributed by atoms with Crippen molar-refractivity contribution in [2.75, 3.05) is 13.1 Å². The van der Waals surface area contributed by atoms with Crippen LogP contribution in [0, 0.1) is 0 Å². The summed E-state index contributed by atoms with van der Waals surface area (Å²) in [5.74, 6) is 0. The average molecular weight is 324 g/mol. The second-order valence-corrected chi connectivity index (χ2v) is 7.40. The normalized spacial score (nSPS) is 25.5. The minimum atomic E-state index is -3.64. The summed E-state index contributed by atoms with van der Waals surface area (Å²) in [6.07, 6.45) is -0.284. The van der Waals surface area contributed by atoms with Crippen LogP contribution < -0.4 is 0 Å². The third-order valence-electron chi connectivity index (χ3n) is 2.90. The molecule has 0 bridgehead atoms. The van der Waals surface area contributed by atoms with Crippen molar-refractivity contribution in [2.24, 2.45) is 0 Å². The van der Waals surface area contributed by atoms with E-state index in [2.05, 4.69) is 0 Å². The summed E-state index contributed by atoms with van der Waals surface area (Å²) in [6.45, 7) is 4.32. The molecule has 19 heavy (non-hydrogen) atoms. The molecule has 1 aromatic carbocycles. The van der Waals surface area contributed by atoms with E-state index in [9.17, 15) is 8.42 Å². The van der Waals surface area contributed by atoms with Crippen LogP contribution >= 0.6 is 23.2 Å². The minimum absolute atomic E-state index is 0.0444. The molecule has 2 atom stereocenters. The van der Waals surface area contributed by atoms with Crippen LogP contribution in [0.15, 0.2) is 23.1 Å². The topological polar surface area (TPSA) is 46.6 Å². The Morgan fingerprint density at radius 3 is 2.37 bits per heavy atom. The van der Waals surface area contributed by atoms with Crippen LogP contribution in [-0.2, 0) is 14.8 Å². The first-order valence-corrected chi connectivity index (χ1v) is 8.11. The van der Waals surface area contributed by atoms with Crippen molar-refractivity contribution in [1.82, 2.24) is 4.31 Å². The second-order valence-electron chi connectivity index (χ2n) is 4.65. The van der Waals surface area contributed by atoms with Crippen molar-refractivity contribution in [3.63, 3.8) is 0 Å². The number of ether oxygens (including phenoxy) is 1. The molecule has 0 unspecified atom stereocenters. The Hall–Kier alpha value is -0.330. The number of benzene rings is 1. The Morgan fingerprint density at radius 2 is 1.79 bits per heavy atom. The predicted octanol–water partition coefficient (Wildman–Crippen LogP) is 2.79. The molecule has 1 aliphatic heterocycles. The molecule has 2 rings (SSSR count). The minimum Gasteiger partial charge on any atom is -0.373 e. The van der Waals surface area contributed by atoms with Gasteiger partial charge in [0.25, 0.3) is 0 Å². The van der Waals surface area contributed by atoms with Gasteiger partial charge in [0.15, 0.2) is 0 Å². The van der Waals surface area contributed by atoms with Gasteiger partial charge in [0.1, 0.15) is 4.90 Å². The molecule has 0 aliphatic carbocycles. The molecular formula is C12H15Cl2NO3S. The molecule has 7 heteroatoms. The fourth-order valence-electron chi connectivity index (χ4n) is 2.14. The van der Waals surface area contributed by atoms with Gasteiger partial charge in [-0.15, -0.1) is 0 Å². The first-order chi connectivity index (χ1) is 8.80. The maximum atomic E-state index is 12.6. The van der Waals surface area contributed by atoms with E-state index in [0.717, 1.165) is 0 Å². The Kier molecular flexibility index (Phi) is 4.42. The molecule has 1 aliphatic rings. The quantitative estimate of drug-likeness (QED) is 0.840. The summed E-state index contributed by atoms with van der Waals surface area (Å²) in [5, 5.41) is 0.522. The van der Waals surface area contributed by atoms with Crippen molar-refractivity contribution in [1.29, 1.82) is 0 Å². The predicted molar refractivity (Wildman–Crippen MR) is 75.2 cm³/mol. The lowest BCUT2D eigenvalue weighted by Crippen LogP contribution is -2.48. The zero-order valence-corrected chi connectivity index (χ0v) is 13.0. The Morgan fingerprint density at radius 1 is 1.21 bits per heavy atom. The lowest BCUT2D eigenvalue weighted by molar-refractivity contribution is -0.0440. The lowest BCUT2D eigenvalue weighted by atomic mass is 10.3. The van der Waals surface area contributed by atoms with Crippen LogP contribution in [-0.4, -0.2) is 38.0 Å². The maximum Gasteiger partial charge on any atom is 0.244 e. The molecule has 1 heterocycles. The first-order valence-electron chi connectivity index (χ1n) is 5.91. The molecule has 0 N–H and O–H groups in total. The average Bonchev–Trinajstić information content (AvgIpc) is 2.31. The van der Waals surface area contributed by atoms with Gasteiger partial charge in [-0.25, -0.2) is 8.42 Å². The summed E-state index contributed by atoms with van der Waals surface area (Å²) in [6, 6.07) is 4.43. The SMILES string of the molecule is C[C@@H]1CN(S(=O)(=O)c2cc(Cl)ccc2Cl)C[C@@H](C)O1. The molecular weight excluding hydrogens is 309 g/mol. The van der Waals surface area contributed by atoms with Gasteiger partial charge in [-0.1, -0.05) is 23.2 Å². The summed E-state index contributed by atoms with van der Waals surface area (Å²) in [7, 11) is -3.64. The van der Waals surface area contributed by atoms with E-state index in [1.165, 1.54) is 16.4 Å². The third-order valence-corrected chi connectivity index (χ3v) is 5.45. The molecule has 0 saturated carbocycles.